The van der Waals surface area contributed by atoms with E-state index in [1.54, 1.807) is 10.9 Å². The van der Waals surface area contributed by atoms with Crippen molar-refractivity contribution < 1.29 is 4.79 Å². The number of rotatable bonds is 3. The number of amides is 1. The van der Waals surface area contributed by atoms with Crippen LogP contribution >= 0.6 is 0 Å². The number of aryl methyl sites for hydroxylation is 1. The summed E-state index contributed by atoms with van der Waals surface area (Å²) in [4.78, 5) is 11.8. The van der Waals surface area contributed by atoms with Gasteiger partial charge in [-0.25, -0.2) is 4.68 Å². The highest BCUT2D eigenvalue weighted by molar-refractivity contribution is 5.95. The second kappa shape index (κ2) is 5.04. The lowest BCUT2D eigenvalue weighted by Gasteiger charge is -2.06. The van der Waals surface area contributed by atoms with E-state index < -0.39 is 0 Å². The number of benzene rings is 1. The van der Waals surface area contributed by atoms with Gasteiger partial charge in [0.2, 0.25) is 0 Å². The molecule has 4 heteroatoms. The van der Waals surface area contributed by atoms with Crippen molar-refractivity contribution in [2.24, 2.45) is 0 Å². The van der Waals surface area contributed by atoms with Crippen LogP contribution in [-0.4, -0.2) is 22.2 Å². The zero-order chi connectivity index (χ0) is 13.1. The van der Waals surface area contributed by atoms with Gasteiger partial charge in [0.1, 0.15) is 0 Å². The van der Waals surface area contributed by atoms with Crippen molar-refractivity contribution >= 4 is 5.91 Å². The highest BCUT2D eigenvalue weighted by Crippen LogP contribution is 2.15. The zero-order valence-electron chi connectivity index (χ0n) is 10.9. The maximum atomic E-state index is 11.8. The first-order valence-corrected chi connectivity index (χ1v) is 6.03. The average Bonchev–Trinajstić information content (AvgIpc) is 2.71. The van der Waals surface area contributed by atoms with Crippen molar-refractivity contribution in [1.82, 2.24) is 15.1 Å². The predicted molar refractivity (Wildman–Crippen MR) is 71.0 cm³/mol. The Morgan fingerprint density at radius 2 is 2.17 bits per heavy atom. The SMILES string of the molecule is CCNC(=O)c1cnn(-c2cccc(C)c2)c1C. The van der Waals surface area contributed by atoms with Crippen LogP contribution < -0.4 is 5.32 Å². The molecule has 0 saturated heterocycles. The number of nitrogens with one attached hydrogen (secondary N) is 1. The highest BCUT2D eigenvalue weighted by atomic mass is 16.1. The maximum Gasteiger partial charge on any atom is 0.254 e. The first kappa shape index (κ1) is 12.4. The van der Waals surface area contributed by atoms with Crippen molar-refractivity contribution in [2.75, 3.05) is 6.54 Å². The minimum Gasteiger partial charge on any atom is -0.352 e. The Morgan fingerprint density at radius 3 is 2.83 bits per heavy atom. The molecule has 94 valence electrons. The van der Waals surface area contributed by atoms with Crippen molar-refractivity contribution in [2.45, 2.75) is 20.8 Å². The molecular formula is C14H17N3O. The second-order valence-corrected chi connectivity index (χ2v) is 4.25. The van der Waals surface area contributed by atoms with Crippen LogP contribution in [0.2, 0.25) is 0 Å². The topological polar surface area (TPSA) is 46.9 Å². The number of nitrogens with zero attached hydrogens (tertiary/aromatic N) is 2. The number of carbonyl (C=O) groups is 1. The van der Waals surface area contributed by atoms with E-state index in [1.165, 1.54) is 5.56 Å². The van der Waals surface area contributed by atoms with Crippen LogP contribution in [0.15, 0.2) is 30.5 Å². The molecule has 0 atom stereocenters. The first-order chi connectivity index (χ1) is 8.63. The van der Waals surface area contributed by atoms with E-state index in [2.05, 4.69) is 10.4 Å². The largest absolute Gasteiger partial charge is 0.352 e. The lowest BCUT2D eigenvalue weighted by atomic mass is 10.2. The average molecular weight is 243 g/mol. The van der Waals surface area contributed by atoms with Crippen molar-refractivity contribution in [3.05, 3.63) is 47.3 Å². The molecule has 2 aromatic rings. The number of carbonyl (C=O) groups excluding carboxylic acids is 1. The molecule has 0 aliphatic heterocycles. The zero-order valence-corrected chi connectivity index (χ0v) is 10.9. The first-order valence-electron chi connectivity index (χ1n) is 6.03. The molecule has 1 N–H and O–H groups in total. The highest BCUT2D eigenvalue weighted by Gasteiger charge is 2.14. The molecule has 0 aliphatic rings. The number of hydrogen-bond acceptors (Lipinski definition) is 2. The summed E-state index contributed by atoms with van der Waals surface area (Å²) in [7, 11) is 0. The van der Waals surface area contributed by atoms with Gasteiger partial charge in [-0.05, 0) is 38.5 Å². The van der Waals surface area contributed by atoms with Gasteiger partial charge in [-0.2, -0.15) is 5.10 Å². The molecule has 0 bridgehead atoms. The molecule has 1 aromatic carbocycles. The molecule has 0 saturated carbocycles. The van der Waals surface area contributed by atoms with Crippen molar-refractivity contribution in [3.8, 4) is 5.69 Å². The van der Waals surface area contributed by atoms with Gasteiger partial charge in [0, 0.05) is 6.54 Å². The summed E-state index contributed by atoms with van der Waals surface area (Å²) in [6, 6.07) is 8.04. The monoisotopic (exact) mass is 243 g/mol. The van der Waals surface area contributed by atoms with E-state index in [4.69, 9.17) is 0 Å². The second-order valence-electron chi connectivity index (χ2n) is 4.25. The fourth-order valence-electron chi connectivity index (χ4n) is 1.91. The van der Waals surface area contributed by atoms with Crippen LogP contribution in [0.4, 0.5) is 0 Å². The van der Waals surface area contributed by atoms with Crippen molar-refractivity contribution in [1.29, 1.82) is 0 Å². The van der Waals surface area contributed by atoms with Gasteiger partial charge in [0.25, 0.3) is 5.91 Å². The number of aromatic nitrogens is 2. The third kappa shape index (κ3) is 2.27. The molecule has 0 aliphatic carbocycles. The molecule has 18 heavy (non-hydrogen) atoms. The predicted octanol–water partition coefficient (Wildman–Crippen LogP) is 2.24. The van der Waals surface area contributed by atoms with Crippen LogP contribution in [0.5, 0.6) is 0 Å². The molecule has 1 amide bonds. The Kier molecular flexibility index (Phi) is 3.46. The fraction of sp³-hybridized carbons (Fsp3) is 0.286. The Bertz CT molecular complexity index is 572. The van der Waals surface area contributed by atoms with Gasteiger partial charge in [0.05, 0.1) is 23.1 Å². The molecule has 0 unspecified atom stereocenters. The molecule has 0 fully saturated rings. The van der Waals surface area contributed by atoms with Gasteiger partial charge in [-0.15, -0.1) is 0 Å². The van der Waals surface area contributed by atoms with E-state index in [0.717, 1.165) is 11.4 Å². The molecule has 1 heterocycles. The van der Waals surface area contributed by atoms with Gasteiger partial charge in [0.15, 0.2) is 0 Å². The van der Waals surface area contributed by atoms with E-state index >= 15 is 0 Å². The van der Waals surface area contributed by atoms with Crippen LogP contribution in [0.1, 0.15) is 28.5 Å². The lowest BCUT2D eigenvalue weighted by Crippen LogP contribution is -2.23. The Labute approximate surface area is 107 Å². The molecule has 0 spiro atoms. The third-order valence-electron chi connectivity index (χ3n) is 2.84. The van der Waals surface area contributed by atoms with Crippen LogP contribution in [0, 0.1) is 13.8 Å². The van der Waals surface area contributed by atoms with E-state index in [1.807, 2.05) is 45.0 Å². The normalized spacial score (nSPS) is 10.4. The Morgan fingerprint density at radius 1 is 1.39 bits per heavy atom. The molecule has 0 radical (unpaired) electrons. The number of hydrogen-bond donors (Lipinski definition) is 1. The van der Waals surface area contributed by atoms with Crippen LogP contribution in [-0.2, 0) is 0 Å². The quantitative estimate of drug-likeness (QED) is 0.898. The smallest absolute Gasteiger partial charge is 0.254 e. The summed E-state index contributed by atoms with van der Waals surface area (Å²) in [5.41, 5.74) is 3.62. The van der Waals surface area contributed by atoms with E-state index in [0.29, 0.717) is 12.1 Å². The van der Waals surface area contributed by atoms with E-state index in [9.17, 15) is 4.79 Å². The Hall–Kier alpha value is -2.10. The molecule has 1 aromatic heterocycles. The molecular weight excluding hydrogens is 226 g/mol. The minimum absolute atomic E-state index is 0.0751. The van der Waals surface area contributed by atoms with Crippen LogP contribution in [0.3, 0.4) is 0 Å². The fourth-order valence-corrected chi connectivity index (χ4v) is 1.91. The van der Waals surface area contributed by atoms with Gasteiger partial charge in [-0.1, -0.05) is 12.1 Å². The summed E-state index contributed by atoms with van der Waals surface area (Å²) in [6.45, 7) is 6.46. The standard InChI is InChI=1S/C14H17N3O/c1-4-15-14(18)13-9-16-17(11(13)3)12-7-5-6-10(2)8-12/h5-9H,4H2,1-3H3,(H,15,18). The van der Waals surface area contributed by atoms with Gasteiger partial charge < -0.3 is 5.32 Å². The van der Waals surface area contributed by atoms with Gasteiger partial charge >= 0.3 is 0 Å². The van der Waals surface area contributed by atoms with Crippen molar-refractivity contribution in [3.63, 3.8) is 0 Å². The lowest BCUT2D eigenvalue weighted by molar-refractivity contribution is 0.0955. The summed E-state index contributed by atoms with van der Waals surface area (Å²) in [6.07, 6.45) is 1.61. The van der Waals surface area contributed by atoms with Crippen LogP contribution in [0.25, 0.3) is 5.69 Å². The third-order valence-corrected chi connectivity index (χ3v) is 2.84. The van der Waals surface area contributed by atoms with E-state index in [-0.39, 0.29) is 5.91 Å². The summed E-state index contributed by atoms with van der Waals surface area (Å²) < 4.78 is 1.79. The minimum atomic E-state index is -0.0751. The summed E-state index contributed by atoms with van der Waals surface area (Å²) in [5.74, 6) is -0.0751. The maximum absolute atomic E-state index is 11.8. The van der Waals surface area contributed by atoms with Gasteiger partial charge in [-0.3, -0.25) is 4.79 Å². The summed E-state index contributed by atoms with van der Waals surface area (Å²) >= 11 is 0. The molecule has 2 rings (SSSR count). The molecule has 4 nitrogen and oxygen atoms in total. The summed E-state index contributed by atoms with van der Waals surface area (Å²) in [5, 5.41) is 7.07. The Balaban J connectivity index is 2.39.